The number of hydrogen-bond donors (Lipinski definition) is 0. The van der Waals surface area contributed by atoms with E-state index in [1.54, 1.807) is 32.3 Å². The predicted octanol–water partition coefficient (Wildman–Crippen LogP) is 3.66. The second-order valence-corrected chi connectivity index (χ2v) is 8.72. The molecule has 0 aliphatic carbocycles. The molecule has 5 rings (SSSR count). The van der Waals surface area contributed by atoms with Crippen LogP contribution in [0.4, 0.5) is 5.69 Å². The summed E-state index contributed by atoms with van der Waals surface area (Å²) in [4.78, 5) is 38.9. The van der Waals surface area contributed by atoms with Gasteiger partial charge in [0.2, 0.25) is 0 Å². The Balaban J connectivity index is 1.76. The van der Waals surface area contributed by atoms with Crippen molar-refractivity contribution in [3.8, 4) is 0 Å². The van der Waals surface area contributed by atoms with E-state index >= 15 is 0 Å². The Morgan fingerprint density at radius 3 is 1.58 bits per heavy atom. The Morgan fingerprint density at radius 2 is 1.14 bits per heavy atom. The summed E-state index contributed by atoms with van der Waals surface area (Å²) in [5.74, 6) is -3.47. The molecule has 9 nitrogen and oxygen atoms in total. The fourth-order valence-corrected chi connectivity index (χ4v) is 5.01. The van der Waals surface area contributed by atoms with Gasteiger partial charge in [0.05, 0.1) is 28.2 Å². The topological polar surface area (TPSA) is 108 Å². The van der Waals surface area contributed by atoms with Crippen LogP contribution in [0.3, 0.4) is 0 Å². The van der Waals surface area contributed by atoms with Crippen LogP contribution in [0, 0.1) is 22.0 Å². The van der Waals surface area contributed by atoms with Crippen molar-refractivity contribution in [2.75, 3.05) is 14.1 Å². The number of hydrazone groups is 2. The van der Waals surface area contributed by atoms with Gasteiger partial charge >= 0.3 is 0 Å². The summed E-state index contributed by atoms with van der Waals surface area (Å²) in [7, 11) is 3.10. The highest BCUT2D eigenvalue weighted by atomic mass is 16.6. The van der Waals surface area contributed by atoms with Crippen molar-refractivity contribution in [1.82, 2.24) is 10.0 Å². The van der Waals surface area contributed by atoms with E-state index in [2.05, 4.69) is 10.2 Å². The van der Waals surface area contributed by atoms with Crippen LogP contribution in [0.2, 0.25) is 0 Å². The molecule has 0 spiro atoms. The third-order valence-electron chi connectivity index (χ3n) is 6.62. The zero-order chi connectivity index (χ0) is 25.4. The van der Waals surface area contributed by atoms with Gasteiger partial charge in [-0.25, -0.2) is 10.0 Å². The van der Waals surface area contributed by atoms with Crippen molar-refractivity contribution < 1.29 is 14.5 Å². The predicted molar refractivity (Wildman–Crippen MR) is 134 cm³/mol. The number of nitrogens with zero attached hydrogens (tertiary/aromatic N) is 5. The van der Waals surface area contributed by atoms with E-state index < -0.39 is 22.7 Å². The normalized spacial score (nSPS) is 19.6. The second-order valence-electron chi connectivity index (χ2n) is 8.72. The highest BCUT2D eigenvalue weighted by molar-refractivity contribution is 6.21. The van der Waals surface area contributed by atoms with Gasteiger partial charge in [0, 0.05) is 31.6 Å². The minimum absolute atomic E-state index is 0.160. The Hall–Kier alpha value is -4.66. The maximum Gasteiger partial charge on any atom is 0.272 e. The number of hydrogen-bond acceptors (Lipinski definition) is 6. The molecule has 2 heterocycles. The molecule has 36 heavy (non-hydrogen) atoms. The van der Waals surface area contributed by atoms with Crippen molar-refractivity contribution in [2.45, 2.75) is 5.92 Å². The molecule has 3 aromatic rings. The fourth-order valence-electron chi connectivity index (χ4n) is 5.01. The first-order valence-corrected chi connectivity index (χ1v) is 11.4. The third kappa shape index (κ3) is 3.84. The SMILES string of the molecule is CN1N=C(c2ccccc2)[C@@H](C(c2ccccc2[N+](=O)[O-])[C@H]2C(=O)N(C)N=C2c2ccccc2)C1=O. The molecule has 0 aromatic heterocycles. The van der Waals surface area contributed by atoms with Crippen molar-refractivity contribution in [2.24, 2.45) is 22.0 Å². The van der Waals surface area contributed by atoms with E-state index in [4.69, 9.17) is 0 Å². The van der Waals surface area contributed by atoms with Crippen LogP contribution in [0.15, 0.2) is 95.1 Å². The van der Waals surface area contributed by atoms with Crippen LogP contribution in [-0.4, -0.2) is 52.3 Å². The quantitative estimate of drug-likeness (QED) is 0.395. The molecule has 0 saturated carbocycles. The fraction of sp³-hybridized carbons (Fsp3) is 0.185. The van der Waals surface area contributed by atoms with Gasteiger partial charge in [-0.05, 0) is 11.1 Å². The van der Waals surface area contributed by atoms with Gasteiger partial charge in [-0.3, -0.25) is 19.7 Å². The van der Waals surface area contributed by atoms with Crippen LogP contribution < -0.4 is 0 Å². The Morgan fingerprint density at radius 1 is 0.722 bits per heavy atom. The van der Waals surface area contributed by atoms with E-state index in [1.165, 1.54) is 16.1 Å². The van der Waals surface area contributed by atoms with Crippen molar-refractivity contribution in [1.29, 1.82) is 0 Å². The van der Waals surface area contributed by atoms with Gasteiger partial charge in [0.1, 0.15) is 0 Å². The summed E-state index contributed by atoms with van der Waals surface area (Å²) < 4.78 is 0. The lowest BCUT2D eigenvalue weighted by Crippen LogP contribution is -2.40. The van der Waals surface area contributed by atoms with E-state index in [-0.39, 0.29) is 23.1 Å². The number of rotatable bonds is 6. The number of para-hydroxylation sites is 1. The van der Waals surface area contributed by atoms with Gasteiger partial charge in [-0.2, -0.15) is 10.2 Å². The molecule has 2 aliphatic rings. The summed E-state index contributed by atoms with van der Waals surface area (Å²) in [6, 6.07) is 24.7. The van der Waals surface area contributed by atoms with Gasteiger partial charge in [0.25, 0.3) is 17.5 Å². The molecule has 9 heteroatoms. The molecule has 2 amide bonds. The highest BCUT2D eigenvalue weighted by Crippen LogP contribution is 2.45. The number of amides is 2. The van der Waals surface area contributed by atoms with Crippen molar-refractivity contribution >= 4 is 28.9 Å². The molecule has 0 bridgehead atoms. The molecule has 2 atom stereocenters. The van der Waals surface area contributed by atoms with Crippen LogP contribution in [0.5, 0.6) is 0 Å². The van der Waals surface area contributed by atoms with E-state index in [1.807, 2.05) is 60.7 Å². The van der Waals surface area contributed by atoms with E-state index in [9.17, 15) is 19.7 Å². The number of carbonyl (C=O) groups is 2. The lowest BCUT2D eigenvalue weighted by atomic mass is 9.70. The lowest BCUT2D eigenvalue weighted by molar-refractivity contribution is -0.385. The summed E-state index contributed by atoms with van der Waals surface area (Å²) in [6.07, 6.45) is 0. The Labute approximate surface area is 207 Å². The average molecular weight is 482 g/mol. The molecule has 180 valence electrons. The molecule has 0 radical (unpaired) electrons. The summed E-state index contributed by atoms with van der Waals surface area (Å²) in [5, 5.41) is 23.6. The van der Waals surface area contributed by atoms with Gasteiger partial charge in [-0.15, -0.1) is 0 Å². The van der Waals surface area contributed by atoms with Crippen molar-refractivity contribution in [3.05, 3.63) is 112 Å². The first kappa shape index (κ1) is 23.1. The first-order valence-electron chi connectivity index (χ1n) is 11.4. The molecule has 0 saturated heterocycles. The molecular formula is C27H23N5O4. The standard InChI is InChI=1S/C27H23N5O4/c1-30-26(33)22(24(28-30)17-11-5-3-6-12-17)21(19-15-9-10-16-20(19)32(35)36)23-25(29-31(2)27(23)34)18-13-7-4-8-14-18/h3-16,21-23H,1-2H3/t22-,23-/m1/s1. The molecule has 0 fully saturated rings. The average Bonchev–Trinajstić information content (AvgIpc) is 3.36. The van der Waals surface area contributed by atoms with Gasteiger partial charge < -0.3 is 0 Å². The largest absolute Gasteiger partial charge is 0.272 e. The van der Waals surface area contributed by atoms with E-state index in [0.717, 1.165) is 0 Å². The summed E-state index contributed by atoms with van der Waals surface area (Å²) >= 11 is 0. The molecule has 0 N–H and O–H groups in total. The molecular weight excluding hydrogens is 458 g/mol. The third-order valence-corrected chi connectivity index (χ3v) is 6.62. The Kier molecular flexibility index (Phi) is 5.89. The van der Waals surface area contributed by atoms with Crippen LogP contribution in [0.1, 0.15) is 22.6 Å². The smallest absolute Gasteiger partial charge is 0.272 e. The zero-order valence-corrected chi connectivity index (χ0v) is 19.7. The monoisotopic (exact) mass is 481 g/mol. The lowest BCUT2D eigenvalue weighted by Gasteiger charge is -2.29. The second kappa shape index (κ2) is 9.18. The van der Waals surface area contributed by atoms with E-state index in [0.29, 0.717) is 22.6 Å². The molecule has 0 unspecified atom stereocenters. The number of carbonyl (C=O) groups excluding carboxylic acids is 2. The summed E-state index contributed by atoms with van der Waals surface area (Å²) in [6.45, 7) is 0. The summed E-state index contributed by atoms with van der Waals surface area (Å²) in [5.41, 5.74) is 2.47. The number of nitro benzene ring substituents is 1. The molecule has 2 aliphatic heterocycles. The maximum atomic E-state index is 13.6. The minimum atomic E-state index is -0.937. The van der Waals surface area contributed by atoms with Crippen molar-refractivity contribution in [3.63, 3.8) is 0 Å². The van der Waals surface area contributed by atoms with Gasteiger partial charge in [-0.1, -0.05) is 78.9 Å². The Bertz CT molecular complexity index is 1320. The first-order chi connectivity index (χ1) is 17.4. The maximum absolute atomic E-state index is 13.6. The van der Waals surface area contributed by atoms with Crippen LogP contribution in [0.25, 0.3) is 0 Å². The number of nitro groups is 1. The highest BCUT2D eigenvalue weighted by Gasteiger charge is 2.52. The molecule has 3 aromatic carbocycles. The van der Waals surface area contributed by atoms with Crippen LogP contribution in [-0.2, 0) is 9.59 Å². The minimum Gasteiger partial charge on any atom is -0.272 e. The number of benzene rings is 3. The zero-order valence-electron chi connectivity index (χ0n) is 19.7. The van der Waals surface area contributed by atoms with Gasteiger partial charge in [0.15, 0.2) is 0 Å². The van der Waals surface area contributed by atoms with Crippen LogP contribution >= 0.6 is 0 Å².